The van der Waals surface area contributed by atoms with Crippen LogP contribution >= 0.6 is 11.3 Å². The Morgan fingerprint density at radius 1 is 1.48 bits per heavy atom. The fraction of sp³-hybridized carbons (Fsp3) is 0.733. The first-order valence-electron chi connectivity index (χ1n) is 8.05. The summed E-state index contributed by atoms with van der Waals surface area (Å²) in [6.07, 6.45) is 0.0528. The van der Waals surface area contributed by atoms with Gasteiger partial charge in [-0.2, -0.15) is 0 Å². The summed E-state index contributed by atoms with van der Waals surface area (Å²) in [6.45, 7) is 8.69. The van der Waals surface area contributed by atoms with Crippen LogP contribution in [0, 0.1) is 0 Å². The van der Waals surface area contributed by atoms with Gasteiger partial charge in [-0.3, -0.25) is 15.0 Å². The first kappa shape index (κ1) is 16.8. The first-order valence-corrected chi connectivity index (χ1v) is 8.93. The van der Waals surface area contributed by atoms with Crippen LogP contribution in [0.5, 0.6) is 0 Å². The van der Waals surface area contributed by atoms with E-state index in [0.29, 0.717) is 18.3 Å². The minimum absolute atomic E-state index is 0.133. The maximum atomic E-state index is 12.1. The molecule has 3 unspecified atom stereocenters. The summed E-state index contributed by atoms with van der Waals surface area (Å²) in [4.78, 5) is 19.0. The van der Waals surface area contributed by atoms with Crippen molar-refractivity contribution in [1.82, 2.24) is 15.2 Å². The molecule has 0 bridgehead atoms. The number of aromatic nitrogens is 1. The second-order valence-electron chi connectivity index (χ2n) is 6.15. The van der Waals surface area contributed by atoms with Crippen LogP contribution in [0.25, 0.3) is 0 Å². The zero-order valence-corrected chi connectivity index (χ0v) is 14.4. The van der Waals surface area contributed by atoms with Gasteiger partial charge in [-0.25, -0.2) is 4.98 Å². The molecule has 1 amide bonds. The Morgan fingerprint density at radius 3 is 2.96 bits per heavy atom. The van der Waals surface area contributed by atoms with Crippen molar-refractivity contribution in [3.05, 3.63) is 11.1 Å². The minimum atomic E-state index is -0.433. The summed E-state index contributed by atoms with van der Waals surface area (Å²) in [5, 5.41) is 8.63. The second kappa shape index (κ2) is 7.67. The van der Waals surface area contributed by atoms with Gasteiger partial charge in [0.2, 0.25) is 0 Å². The second-order valence-corrected chi connectivity index (χ2v) is 7.01. The molecule has 3 rings (SSSR count). The van der Waals surface area contributed by atoms with E-state index in [1.54, 1.807) is 0 Å². The number of thiazole rings is 1. The number of amides is 1. The Balaban J connectivity index is 1.52. The molecule has 2 fully saturated rings. The van der Waals surface area contributed by atoms with Crippen molar-refractivity contribution in [3.63, 3.8) is 0 Å². The van der Waals surface area contributed by atoms with Crippen LogP contribution < -0.4 is 10.6 Å². The minimum Gasteiger partial charge on any atom is -0.373 e. The van der Waals surface area contributed by atoms with Gasteiger partial charge < -0.3 is 14.8 Å². The van der Waals surface area contributed by atoms with E-state index in [1.165, 1.54) is 11.3 Å². The number of carbonyl (C=O) groups excluding carboxylic acids is 1. The van der Waals surface area contributed by atoms with Gasteiger partial charge in [0.05, 0.1) is 24.5 Å². The van der Waals surface area contributed by atoms with Crippen molar-refractivity contribution < 1.29 is 14.3 Å². The van der Waals surface area contributed by atoms with Gasteiger partial charge in [-0.15, -0.1) is 11.3 Å². The smallest absolute Gasteiger partial charge is 0.256 e. The lowest BCUT2D eigenvalue weighted by Crippen LogP contribution is -2.45. The van der Waals surface area contributed by atoms with E-state index in [-0.39, 0.29) is 18.1 Å². The molecular weight excluding hydrogens is 316 g/mol. The highest BCUT2D eigenvalue weighted by molar-refractivity contribution is 7.13. The fourth-order valence-electron chi connectivity index (χ4n) is 3.00. The number of hydrogen-bond acceptors (Lipinski definition) is 7. The molecule has 0 aliphatic carbocycles. The summed E-state index contributed by atoms with van der Waals surface area (Å²) in [6, 6.07) is 0. The van der Waals surface area contributed by atoms with Crippen molar-refractivity contribution in [2.24, 2.45) is 0 Å². The van der Waals surface area contributed by atoms with E-state index in [9.17, 15) is 4.79 Å². The summed E-state index contributed by atoms with van der Waals surface area (Å²) in [5.74, 6) is -0.133. The molecule has 0 saturated carbocycles. The van der Waals surface area contributed by atoms with Crippen LogP contribution in [-0.2, 0) is 20.8 Å². The molecule has 3 heterocycles. The fourth-order valence-corrected chi connectivity index (χ4v) is 3.70. The number of nitrogens with zero attached hydrogens (tertiary/aromatic N) is 2. The molecule has 2 N–H and O–H groups in total. The molecule has 7 nitrogen and oxygen atoms in total. The monoisotopic (exact) mass is 340 g/mol. The Labute approximate surface area is 140 Å². The molecule has 1 aromatic heterocycles. The third kappa shape index (κ3) is 4.71. The van der Waals surface area contributed by atoms with Gasteiger partial charge in [0.25, 0.3) is 5.91 Å². The molecular formula is C15H24N4O3S. The average molecular weight is 340 g/mol. The van der Waals surface area contributed by atoms with Crippen LogP contribution in [0.1, 0.15) is 19.5 Å². The van der Waals surface area contributed by atoms with E-state index in [1.807, 2.05) is 5.38 Å². The first-order chi connectivity index (χ1) is 11.1. The van der Waals surface area contributed by atoms with Crippen molar-refractivity contribution in [3.8, 4) is 0 Å². The van der Waals surface area contributed by atoms with Gasteiger partial charge in [0.15, 0.2) is 5.13 Å². The number of ether oxygens (including phenoxy) is 2. The third-order valence-electron chi connectivity index (χ3n) is 3.88. The van der Waals surface area contributed by atoms with Crippen LogP contribution in [0.2, 0.25) is 0 Å². The predicted molar refractivity (Wildman–Crippen MR) is 88.6 cm³/mol. The number of morpholine rings is 2. The number of hydrogen-bond donors (Lipinski definition) is 2. The molecule has 3 atom stereocenters. The molecule has 1 aromatic rings. The maximum Gasteiger partial charge on any atom is 0.256 e. The topological polar surface area (TPSA) is 75.7 Å². The summed E-state index contributed by atoms with van der Waals surface area (Å²) >= 11 is 1.46. The molecule has 8 heteroatoms. The molecule has 128 valence electrons. The zero-order chi connectivity index (χ0) is 16.2. The van der Waals surface area contributed by atoms with Gasteiger partial charge in [0, 0.05) is 38.1 Å². The van der Waals surface area contributed by atoms with E-state index in [4.69, 9.17) is 9.47 Å². The number of rotatable bonds is 4. The average Bonchev–Trinajstić information content (AvgIpc) is 2.94. The van der Waals surface area contributed by atoms with Crippen molar-refractivity contribution in [1.29, 1.82) is 0 Å². The summed E-state index contributed by atoms with van der Waals surface area (Å²) in [5.41, 5.74) is 0.981. The quantitative estimate of drug-likeness (QED) is 0.839. The maximum absolute atomic E-state index is 12.1. The molecule has 2 saturated heterocycles. The van der Waals surface area contributed by atoms with E-state index < -0.39 is 6.10 Å². The van der Waals surface area contributed by atoms with E-state index >= 15 is 0 Å². The van der Waals surface area contributed by atoms with Crippen LogP contribution in [0.3, 0.4) is 0 Å². The Morgan fingerprint density at radius 2 is 2.26 bits per heavy atom. The van der Waals surface area contributed by atoms with E-state index in [0.717, 1.165) is 31.9 Å². The van der Waals surface area contributed by atoms with Gasteiger partial charge in [0.1, 0.15) is 6.10 Å². The highest BCUT2D eigenvalue weighted by atomic mass is 32.1. The molecule has 2 aliphatic heterocycles. The van der Waals surface area contributed by atoms with Crippen LogP contribution in [-0.4, -0.2) is 66.9 Å². The molecule has 23 heavy (non-hydrogen) atoms. The van der Waals surface area contributed by atoms with Gasteiger partial charge >= 0.3 is 0 Å². The van der Waals surface area contributed by atoms with Crippen LogP contribution in [0.15, 0.2) is 5.38 Å². The van der Waals surface area contributed by atoms with E-state index in [2.05, 4.69) is 34.4 Å². The largest absolute Gasteiger partial charge is 0.373 e. The highest BCUT2D eigenvalue weighted by Gasteiger charge is 2.24. The Kier molecular flexibility index (Phi) is 5.60. The number of anilines is 1. The predicted octanol–water partition coefficient (Wildman–Crippen LogP) is 0.679. The third-order valence-corrected chi connectivity index (χ3v) is 4.69. The molecule has 0 radical (unpaired) electrons. The van der Waals surface area contributed by atoms with Gasteiger partial charge in [-0.1, -0.05) is 0 Å². The lowest BCUT2D eigenvalue weighted by atomic mass is 10.2. The normalized spacial score (nSPS) is 29.4. The lowest BCUT2D eigenvalue weighted by Gasteiger charge is -2.34. The van der Waals surface area contributed by atoms with Crippen molar-refractivity contribution >= 4 is 22.4 Å². The lowest BCUT2D eigenvalue weighted by molar-refractivity contribution is -0.128. The van der Waals surface area contributed by atoms with Crippen LogP contribution in [0.4, 0.5) is 5.13 Å². The highest BCUT2D eigenvalue weighted by Crippen LogP contribution is 2.19. The Hall–Kier alpha value is -1.06. The number of carbonyl (C=O) groups is 1. The summed E-state index contributed by atoms with van der Waals surface area (Å²) in [7, 11) is 0. The standard InChI is InChI=1S/C15H24N4O3S/c1-10-6-19(7-11(2)22-10)8-12-9-23-15(17-12)18-14(20)13-5-16-3-4-21-13/h9-11,13,16H,3-8H2,1-2H3,(H,17,18,20). The van der Waals surface area contributed by atoms with Gasteiger partial charge in [-0.05, 0) is 13.8 Å². The SMILES string of the molecule is CC1CN(Cc2csc(NC(=O)C3CNCCO3)n2)CC(C)O1. The van der Waals surface area contributed by atoms with Crippen molar-refractivity contribution in [2.75, 3.05) is 38.1 Å². The summed E-state index contributed by atoms with van der Waals surface area (Å²) < 4.78 is 11.2. The van der Waals surface area contributed by atoms with Crippen molar-refractivity contribution in [2.45, 2.75) is 38.7 Å². The zero-order valence-electron chi connectivity index (χ0n) is 13.6. The molecule has 0 spiro atoms. The number of nitrogens with one attached hydrogen (secondary N) is 2. The molecule has 2 aliphatic rings. The Bertz CT molecular complexity index is 523. The molecule has 0 aromatic carbocycles.